The van der Waals surface area contributed by atoms with E-state index in [1.54, 1.807) is 14.2 Å². The summed E-state index contributed by atoms with van der Waals surface area (Å²) < 4.78 is 16.4. The van der Waals surface area contributed by atoms with Crippen LogP contribution in [0.5, 0.6) is 23.0 Å². The molecule has 0 aliphatic heterocycles. The van der Waals surface area contributed by atoms with Crippen molar-refractivity contribution in [2.75, 3.05) is 14.2 Å². The van der Waals surface area contributed by atoms with Gasteiger partial charge < -0.3 is 24.8 Å². The summed E-state index contributed by atoms with van der Waals surface area (Å²) >= 11 is 0. The van der Waals surface area contributed by atoms with E-state index in [0.717, 1.165) is 16.9 Å². The average Bonchev–Trinajstić information content (AvgIpc) is 2.77. The lowest BCUT2D eigenvalue weighted by Crippen LogP contribution is -2.34. The summed E-state index contributed by atoms with van der Waals surface area (Å²) in [5.74, 6) is 2.73. The van der Waals surface area contributed by atoms with Gasteiger partial charge in [0.05, 0.1) is 14.2 Å². The van der Waals surface area contributed by atoms with E-state index in [1.165, 1.54) is 0 Å². The summed E-state index contributed by atoms with van der Waals surface area (Å²) in [6, 6.07) is 22.4. The van der Waals surface area contributed by atoms with Gasteiger partial charge in [-0.05, 0) is 35.9 Å². The molecule has 6 heteroatoms. The summed E-state index contributed by atoms with van der Waals surface area (Å²) in [5, 5.41) is 5.70. The van der Waals surface area contributed by atoms with Gasteiger partial charge in [0.2, 0.25) is 0 Å². The quantitative estimate of drug-likeness (QED) is 0.592. The van der Waals surface area contributed by atoms with Crippen LogP contribution in [0.25, 0.3) is 0 Å². The molecule has 0 aliphatic rings. The molecule has 0 heterocycles. The van der Waals surface area contributed by atoms with Gasteiger partial charge in [-0.3, -0.25) is 0 Å². The van der Waals surface area contributed by atoms with E-state index in [9.17, 15) is 4.79 Å². The van der Waals surface area contributed by atoms with Crippen LogP contribution >= 0.6 is 0 Å². The van der Waals surface area contributed by atoms with E-state index in [0.29, 0.717) is 30.3 Å². The molecule has 0 bridgehead atoms. The van der Waals surface area contributed by atoms with E-state index in [2.05, 4.69) is 10.6 Å². The Bertz CT molecular complexity index is 945. The zero-order valence-corrected chi connectivity index (χ0v) is 16.5. The van der Waals surface area contributed by atoms with Gasteiger partial charge in [0.25, 0.3) is 0 Å². The van der Waals surface area contributed by atoms with Gasteiger partial charge in [-0.2, -0.15) is 0 Å². The van der Waals surface area contributed by atoms with E-state index in [4.69, 9.17) is 14.2 Å². The molecule has 0 radical (unpaired) electrons. The number of carbonyl (C=O) groups excluding carboxylic acids is 1. The number of amides is 2. The summed E-state index contributed by atoms with van der Waals surface area (Å²) in [5.41, 5.74) is 1.79. The van der Waals surface area contributed by atoms with Crippen LogP contribution in [-0.2, 0) is 13.1 Å². The molecule has 3 aromatic carbocycles. The van der Waals surface area contributed by atoms with Crippen molar-refractivity contribution < 1.29 is 19.0 Å². The van der Waals surface area contributed by atoms with E-state index in [-0.39, 0.29) is 6.03 Å². The Labute approximate surface area is 170 Å². The van der Waals surface area contributed by atoms with Crippen molar-refractivity contribution in [1.82, 2.24) is 10.6 Å². The molecule has 150 valence electrons. The molecule has 0 unspecified atom stereocenters. The number of hydrogen-bond acceptors (Lipinski definition) is 4. The number of benzene rings is 3. The number of carbonyl (C=O) groups is 1. The Morgan fingerprint density at radius 3 is 2.21 bits per heavy atom. The number of nitrogens with one attached hydrogen (secondary N) is 2. The monoisotopic (exact) mass is 392 g/mol. The van der Waals surface area contributed by atoms with Crippen molar-refractivity contribution >= 4 is 6.03 Å². The fourth-order valence-electron chi connectivity index (χ4n) is 2.78. The smallest absolute Gasteiger partial charge is 0.315 e. The highest BCUT2D eigenvalue weighted by atomic mass is 16.5. The predicted molar refractivity (Wildman–Crippen MR) is 112 cm³/mol. The molecule has 0 fully saturated rings. The fourth-order valence-corrected chi connectivity index (χ4v) is 2.78. The van der Waals surface area contributed by atoms with Crippen molar-refractivity contribution in [2.45, 2.75) is 13.1 Å². The van der Waals surface area contributed by atoms with Crippen LogP contribution in [0.2, 0.25) is 0 Å². The molecule has 0 spiro atoms. The third-order valence-electron chi connectivity index (χ3n) is 4.28. The number of hydrogen-bond donors (Lipinski definition) is 2. The highest BCUT2D eigenvalue weighted by molar-refractivity contribution is 5.74. The maximum atomic E-state index is 12.2. The lowest BCUT2D eigenvalue weighted by atomic mass is 10.2. The largest absolute Gasteiger partial charge is 0.493 e. The van der Waals surface area contributed by atoms with Crippen LogP contribution in [-0.4, -0.2) is 20.3 Å². The van der Waals surface area contributed by atoms with Crippen LogP contribution in [0.15, 0.2) is 72.8 Å². The normalized spacial score (nSPS) is 10.1. The second kappa shape index (κ2) is 10.0. The molecule has 3 aromatic rings. The lowest BCUT2D eigenvalue weighted by molar-refractivity contribution is 0.240. The topological polar surface area (TPSA) is 68.8 Å². The molecule has 3 rings (SSSR count). The fraction of sp³-hybridized carbons (Fsp3) is 0.174. The lowest BCUT2D eigenvalue weighted by Gasteiger charge is -2.13. The van der Waals surface area contributed by atoms with E-state index in [1.807, 2.05) is 72.8 Å². The molecule has 0 atom stereocenters. The Kier molecular flexibility index (Phi) is 6.95. The maximum Gasteiger partial charge on any atom is 0.315 e. The van der Waals surface area contributed by atoms with Crippen molar-refractivity contribution in [3.8, 4) is 23.0 Å². The van der Waals surface area contributed by atoms with Gasteiger partial charge in [0, 0.05) is 18.7 Å². The van der Waals surface area contributed by atoms with E-state index >= 15 is 0 Å². The van der Waals surface area contributed by atoms with Gasteiger partial charge in [-0.1, -0.05) is 42.5 Å². The van der Waals surface area contributed by atoms with Gasteiger partial charge in [0.15, 0.2) is 11.5 Å². The minimum Gasteiger partial charge on any atom is -0.493 e. The van der Waals surface area contributed by atoms with E-state index < -0.39 is 0 Å². The third kappa shape index (κ3) is 5.65. The van der Waals surface area contributed by atoms with Crippen molar-refractivity contribution in [2.24, 2.45) is 0 Å². The zero-order chi connectivity index (χ0) is 20.5. The van der Waals surface area contributed by atoms with Crippen LogP contribution in [0.4, 0.5) is 4.79 Å². The van der Waals surface area contributed by atoms with Gasteiger partial charge in [-0.25, -0.2) is 4.79 Å². The highest BCUT2D eigenvalue weighted by Gasteiger charge is 2.08. The van der Waals surface area contributed by atoms with Crippen molar-refractivity contribution in [3.05, 3.63) is 83.9 Å². The molecule has 0 aromatic heterocycles. The first-order valence-corrected chi connectivity index (χ1v) is 9.23. The minimum absolute atomic E-state index is 0.269. The van der Waals surface area contributed by atoms with Crippen molar-refractivity contribution in [1.29, 1.82) is 0 Å². The number of rotatable bonds is 8. The Morgan fingerprint density at radius 1 is 0.759 bits per heavy atom. The molecule has 0 saturated carbocycles. The molecule has 0 aliphatic carbocycles. The summed E-state index contributed by atoms with van der Waals surface area (Å²) in [6.07, 6.45) is 0. The zero-order valence-electron chi connectivity index (χ0n) is 16.5. The van der Waals surface area contributed by atoms with Crippen LogP contribution < -0.4 is 24.8 Å². The number of para-hydroxylation sites is 2. The first-order valence-electron chi connectivity index (χ1n) is 9.23. The first kappa shape index (κ1) is 20.1. The van der Waals surface area contributed by atoms with Crippen LogP contribution in [0, 0.1) is 0 Å². The van der Waals surface area contributed by atoms with Gasteiger partial charge >= 0.3 is 6.03 Å². The maximum absolute atomic E-state index is 12.2. The molecule has 2 N–H and O–H groups in total. The molecular formula is C23H24N2O4. The SMILES string of the molecule is COc1ccc(CNC(=O)NCc2ccccc2Oc2ccccc2)cc1OC. The molecule has 2 amide bonds. The summed E-state index contributed by atoms with van der Waals surface area (Å²) in [6.45, 7) is 0.717. The van der Waals surface area contributed by atoms with Crippen molar-refractivity contribution in [3.63, 3.8) is 0 Å². The second-order valence-electron chi connectivity index (χ2n) is 6.25. The van der Waals surface area contributed by atoms with Gasteiger partial charge in [-0.15, -0.1) is 0 Å². The predicted octanol–water partition coefficient (Wildman–Crippen LogP) is 4.50. The average molecular weight is 392 g/mol. The van der Waals surface area contributed by atoms with Gasteiger partial charge in [0.1, 0.15) is 11.5 Å². The number of ether oxygens (including phenoxy) is 3. The minimum atomic E-state index is -0.269. The molecular weight excluding hydrogens is 368 g/mol. The Balaban J connectivity index is 1.55. The Morgan fingerprint density at radius 2 is 1.45 bits per heavy atom. The third-order valence-corrected chi connectivity index (χ3v) is 4.28. The van der Waals surface area contributed by atoms with Crippen LogP contribution in [0.1, 0.15) is 11.1 Å². The second-order valence-corrected chi connectivity index (χ2v) is 6.25. The summed E-state index contributed by atoms with van der Waals surface area (Å²) in [4.78, 5) is 12.2. The van der Waals surface area contributed by atoms with Crippen LogP contribution in [0.3, 0.4) is 0 Å². The molecule has 29 heavy (non-hydrogen) atoms. The number of methoxy groups -OCH3 is 2. The molecule has 0 saturated heterocycles. The first-order chi connectivity index (χ1) is 14.2. The Hall–Kier alpha value is -3.67. The number of urea groups is 1. The highest BCUT2D eigenvalue weighted by Crippen LogP contribution is 2.27. The standard InChI is InChI=1S/C23H24N2O4/c1-27-21-13-12-17(14-22(21)28-2)15-24-23(26)25-16-18-8-6-7-11-20(18)29-19-9-4-3-5-10-19/h3-14H,15-16H2,1-2H3,(H2,24,25,26). The molecule has 6 nitrogen and oxygen atoms in total. The summed E-state index contributed by atoms with van der Waals surface area (Å²) in [7, 11) is 3.17.